The van der Waals surface area contributed by atoms with Crippen molar-refractivity contribution >= 4 is 18.0 Å². The Balaban J connectivity index is 2.92. The summed E-state index contributed by atoms with van der Waals surface area (Å²) in [5, 5.41) is 0. The fraction of sp³-hybridized carbons (Fsp3) is 0.500. The fourth-order valence-corrected chi connectivity index (χ4v) is 2.08. The van der Waals surface area contributed by atoms with Crippen LogP contribution < -0.4 is 0 Å². The van der Waals surface area contributed by atoms with E-state index in [0.717, 1.165) is 12.8 Å². The van der Waals surface area contributed by atoms with Gasteiger partial charge in [0.2, 0.25) is 0 Å². The first-order valence-electron chi connectivity index (χ1n) is 8.76. The number of ether oxygens (including phenoxy) is 2. The SMILES string of the molecule is CCCCCCC#Cc1ccoc1C=C(C(=O)OCC)C(=O)OCC. The molecule has 5 nitrogen and oxygen atoms in total. The van der Waals surface area contributed by atoms with E-state index < -0.39 is 11.9 Å². The van der Waals surface area contributed by atoms with Crippen LogP contribution >= 0.6 is 0 Å². The summed E-state index contributed by atoms with van der Waals surface area (Å²) in [5.74, 6) is 4.99. The Morgan fingerprint density at radius 3 is 2.36 bits per heavy atom. The zero-order valence-corrected chi connectivity index (χ0v) is 15.2. The Morgan fingerprint density at radius 1 is 1.08 bits per heavy atom. The molecule has 136 valence electrons. The van der Waals surface area contributed by atoms with Gasteiger partial charge in [0.15, 0.2) is 0 Å². The Labute approximate surface area is 149 Å². The van der Waals surface area contributed by atoms with E-state index in [1.807, 2.05) is 0 Å². The first-order chi connectivity index (χ1) is 12.1. The molecule has 0 saturated carbocycles. The monoisotopic (exact) mass is 346 g/mol. The van der Waals surface area contributed by atoms with E-state index in [-0.39, 0.29) is 18.8 Å². The number of hydrogen-bond donors (Lipinski definition) is 0. The molecule has 0 aliphatic heterocycles. The molecule has 0 N–H and O–H groups in total. The Morgan fingerprint density at radius 2 is 1.76 bits per heavy atom. The Hall–Kier alpha value is -2.48. The van der Waals surface area contributed by atoms with Gasteiger partial charge in [-0.15, -0.1) is 0 Å². The van der Waals surface area contributed by atoms with Gasteiger partial charge in [-0.1, -0.05) is 38.0 Å². The van der Waals surface area contributed by atoms with Gasteiger partial charge in [-0.05, 0) is 26.3 Å². The highest BCUT2D eigenvalue weighted by atomic mass is 16.6. The van der Waals surface area contributed by atoms with Crippen LogP contribution in [0.1, 0.15) is 64.2 Å². The molecule has 0 aromatic carbocycles. The Kier molecular flexibility index (Phi) is 9.84. The van der Waals surface area contributed by atoms with E-state index in [1.165, 1.54) is 31.6 Å². The average Bonchev–Trinajstić information content (AvgIpc) is 3.03. The lowest BCUT2D eigenvalue weighted by molar-refractivity contribution is -0.146. The highest BCUT2D eigenvalue weighted by molar-refractivity contribution is 6.17. The molecule has 1 aromatic heterocycles. The van der Waals surface area contributed by atoms with Crippen molar-refractivity contribution in [3.63, 3.8) is 0 Å². The van der Waals surface area contributed by atoms with Crippen LogP contribution in [-0.2, 0) is 19.1 Å². The summed E-state index contributed by atoms with van der Waals surface area (Å²) in [6.45, 7) is 5.84. The third-order valence-electron chi connectivity index (χ3n) is 3.34. The van der Waals surface area contributed by atoms with Crippen LogP contribution in [0.5, 0.6) is 0 Å². The number of unbranched alkanes of at least 4 members (excludes halogenated alkanes) is 4. The van der Waals surface area contributed by atoms with Crippen LogP contribution in [0.15, 0.2) is 22.3 Å². The molecule has 0 fully saturated rings. The lowest BCUT2D eigenvalue weighted by Gasteiger charge is -2.05. The van der Waals surface area contributed by atoms with Gasteiger partial charge in [-0.3, -0.25) is 0 Å². The summed E-state index contributed by atoms with van der Waals surface area (Å²) in [6.07, 6.45) is 8.23. The minimum absolute atomic E-state index is 0.165. The second-order valence-corrected chi connectivity index (χ2v) is 5.31. The maximum atomic E-state index is 12.0. The number of rotatable bonds is 9. The number of carbonyl (C=O) groups excluding carboxylic acids is 2. The second-order valence-electron chi connectivity index (χ2n) is 5.31. The first-order valence-corrected chi connectivity index (χ1v) is 8.76. The van der Waals surface area contributed by atoms with E-state index in [0.29, 0.717) is 11.3 Å². The Bertz CT molecular complexity index is 623. The lowest BCUT2D eigenvalue weighted by Crippen LogP contribution is -2.18. The predicted molar refractivity (Wildman–Crippen MR) is 95.6 cm³/mol. The molecule has 0 saturated heterocycles. The molecule has 0 aliphatic rings. The minimum atomic E-state index is -0.740. The molecule has 1 rings (SSSR count). The summed E-state index contributed by atoms with van der Waals surface area (Å²) < 4.78 is 15.2. The third kappa shape index (κ3) is 7.30. The molecule has 0 aliphatic carbocycles. The smallest absolute Gasteiger partial charge is 0.345 e. The van der Waals surface area contributed by atoms with Crippen LogP contribution in [0.25, 0.3) is 6.08 Å². The predicted octanol–water partition coefficient (Wildman–Crippen LogP) is 4.11. The molecule has 0 atom stereocenters. The minimum Gasteiger partial charge on any atom is -0.464 e. The van der Waals surface area contributed by atoms with Gasteiger partial charge < -0.3 is 13.9 Å². The molecule has 5 heteroatoms. The van der Waals surface area contributed by atoms with Gasteiger partial charge in [-0.2, -0.15) is 0 Å². The highest BCUT2D eigenvalue weighted by Gasteiger charge is 2.22. The normalized spacial score (nSPS) is 9.72. The van der Waals surface area contributed by atoms with E-state index in [9.17, 15) is 9.59 Å². The van der Waals surface area contributed by atoms with Crippen molar-refractivity contribution in [2.24, 2.45) is 0 Å². The number of hydrogen-bond acceptors (Lipinski definition) is 5. The van der Waals surface area contributed by atoms with Gasteiger partial charge >= 0.3 is 11.9 Å². The number of carbonyl (C=O) groups is 2. The van der Waals surface area contributed by atoms with Crippen LogP contribution in [0, 0.1) is 11.8 Å². The molecule has 0 spiro atoms. The molecule has 0 bridgehead atoms. The molecule has 0 radical (unpaired) electrons. The largest absolute Gasteiger partial charge is 0.464 e. The van der Waals surface area contributed by atoms with Crippen molar-refractivity contribution in [1.82, 2.24) is 0 Å². The maximum absolute atomic E-state index is 12.0. The zero-order valence-electron chi connectivity index (χ0n) is 15.2. The van der Waals surface area contributed by atoms with Crippen LogP contribution in [0.2, 0.25) is 0 Å². The van der Waals surface area contributed by atoms with Crippen molar-refractivity contribution in [2.75, 3.05) is 13.2 Å². The van der Waals surface area contributed by atoms with Crippen LogP contribution in [0.3, 0.4) is 0 Å². The van der Waals surface area contributed by atoms with Gasteiger partial charge in [0.25, 0.3) is 0 Å². The summed E-state index contributed by atoms with van der Waals surface area (Å²) >= 11 is 0. The average molecular weight is 346 g/mol. The molecule has 0 amide bonds. The molecule has 1 aromatic rings. The molecule has 25 heavy (non-hydrogen) atoms. The van der Waals surface area contributed by atoms with Crippen molar-refractivity contribution in [3.8, 4) is 11.8 Å². The van der Waals surface area contributed by atoms with E-state index in [2.05, 4.69) is 18.8 Å². The maximum Gasteiger partial charge on any atom is 0.345 e. The van der Waals surface area contributed by atoms with Crippen LogP contribution in [0.4, 0.5) is 0 Å². The molecular formula is C20H26O5. The van der Waals surface area contributed by atoms with Crippen molar-refractivity contribution in [2.45, 2.75) is 52.9 Å². The van der Waals surface area contributed by atoms with Gasteiger partial charge in [-0.25, -0.2) is 9.59 Å². The first kappa shape index (κ1) is 20.6. The van der Waals surface area contributed by atoms with Crippen molar-refractivity contribution < 1.29 is 23.5 Å². The zero-order chi connectivity index (χ0) is 18.5. The van der Waals surface area contributed by atoms with E-state index in [1.54, 1.807) is 19.9 Å². The number of esters is 2. The highest BCUT2D eigenvalue weighted by Crippen LogP contribution is 2.16. The van der Waals surface area contributed by atoms with Crippen LogP contribution in [-0.4, -0.2) is 25.2 Å². The van der Waals surface area contributed by atoms with Crippen molar-refractivity contribution in [1.29, 1.82) is 0 Å². The quantitative estimate of drug-likeness (QED) is 0.168. The molecule has 1 heterocycles. The summed E-state index contributed by atoms with van der Waals surface area (Å²) in [6, 6.07) is 1.71. The molecule has 0 unspecified atom stereocenters. The van der Waals surface area contributed by atoms with Crippen molar-refractivity contribution in [3.05, 3.63) is 29.2 Å². The second kappa shape index (κ2) is 12.0. The van der Waals surface area contributed by atoms with E-state index in [4.69, 9.17) is 13.9 Å². The summed E-state index contributed by atoms with van der Waals surface area (Å²) in [4.78, 5) is 24.0. The van der Waals surface area contributed by atoms with Gasteiger partial charge in [0.1, 0.15) is 11.3 Å². The topological polar surface area (TPSA) is 65.7 Å². The summed E-state index contributed by atoms with van der Waals surface area (Å²) in [7, 11) is 0. The third-order valence-corrected chi connectivity index (χ3v) is 3.34. The van der Waals surface area contributed by atoms with E-state index >= 15 is 0 Å². The number of furan rings is 1. The molecular weight excluding hydrogens is 320 g/mol. The lowest BCUT2D eigenvalue weighted by atomic mass is 10.1. The van der Waals surface area contributed by atoms with Gasteiger partial charge in [0, 0.05) is 12.5 Å². The summed E-state index contributed by atoms with van der Waals surface area (Å²) in [5.41, 5.74) is 0.422. The fourth-order valence-electron chi connectivity index (χ4n) is 2.08. The van der Waals surface area contributed by atoms with Gasteiger partial charge in [0.05, 0.1) is 25.0 Å². The standard InChI is InChI=1S/C20H26O5/c1-4-7-8-9-10-11-12-16-13-14-25-18(16)15-17(19(21)23-5-2)20(22)24-6-3/h13-15H,4-10H2,1-3H3.